The SMILES string of the molecule is c1ccc(-c2ccnc(-c3cc(C4(c5ccc(-c6ccccc6)c(-c6ccccn6)c5)c5ccccc5-c5ccccc54)ccc3-c3ccccc3)c2)cc1. The van der Waals surface area contributed by atoms with Crippen molar-refractivity contribution in [2.24, 2.45) is 0 Å². The minimum Gasteiger partial charge on any atom is -0.256 e. The first kappa shape index (κ1) is 32.5. The van der Waals surface area contributed by atoms with Crippen LogP contribution in [0.2, 0.25) is 0 Å². The van der Waals surface area contributed by atoms with Crippen LogP contribution in [0.3, 0.4) is 0 Å². The molecule has 2 nitrogen and oxygen atoms in total. The van der Waals surface area contributed by atoms with E-state index in [1.54, 1.807) is 0 Å². The molecular weight excluding hydrogens is 665 g/mol. The largest absolute Gasteiger partial charge is 0.256 e. The highest BCUT2D eigenvalue weighted by Gasteiger charge is 2.46. The van der Waals surface area contributed by atoms with Crippen molar-refractivity contribution in [1.82, 2.24) is 9.97 Å². The topological polar surface area (TPSA) is 25.8 Å². The third-order valence-corrected chi connectivity index (χ3v) is 11.1. The van der Waals surface area contributed by atoms with Gasteiger partial charge in [-0.1, -0.05) is 170 Å². The number of pyridine rings is 2. The smallest absolute Gasteiger partial charge is 0.0714 e. The summed E-state index contributed by atoms with van der Waals surface area (Å²) in [5, 5.41) is 0. The van der Waals surface area contributed by atoms with Crippen LogP contribution < -0.4 is 0 Å². The molecular formula is C53H36N2. The van der Waals surface area contributed by atoms with Crippen LogP contribution in [0.4, 0.5) is 0 Å². The zero-order chi connectivity index (χ0) is 36.6. The van der Waals surface area contributed by atoms with Crippen molar-refractivity contribution in [3.63, 3.8) is 0 Å². The van der Waals surface area contributed by atoms with E-state index in [0.29, 0.717) is 0 Å². The second-order valence-electron chi connectivity index (χ2n) is 14.1. The fourth-order valence-electron chi connectivity index (χ4n) is 8.65. The van der Waals surface area contributed by atoms with Crippen LogP contribution in [0.5, 0.6) is 0 Å². The van der Waals surface area contributed by atoms with Gasteiger partial charge in [0.1, 0.15) is 0 Å². The summed E-state index contributed by atoms with van der Waals surface area (Å²) in [5.41, 5.74) is 17.8. The standard InChI is InChI=1S/C53H36N2/c1-4-16-37(17-5-1)40-31-33-55-52(34-40)48-36-42(28-30-44(48)39-20-8-3-9-21-39)53(49-24-12-10-22-45(49)46-23-11-13-25-50(46)53)41-27-29-43(38-18-6-2-7-19-38)47(35-41)51-26-14-15-32-54-51/h1-36H. The first-order chi connectivity index (χ1) is 27.3. The lowest BCUT2D eigenvalue weighted by Crippen LogP contribution is -2.29. The molecule has 0 amide bonds. The van der Waals surface area contributed by atoms with E-state index in [4.69, 9.17) is 9.97 Å². The van der Waals surface area contributed by atoms with Crippen LogP contribution in [-0.4, -0.2) is 9.97 Å². The van der Waals surface area contributed by atoms with E-state index >= 15 is 0 Å². The minimum absolute atomic E-state index is 0.632. The molecule has 7 aromatic carbocycles. The van der Waals surface area contributed by atoms with E-state index in [2.05, 4.69) is 200 Å². The molecule has 0 unspecified atom stereocenters. The molecule has 9 aromatic rings. The Morgan fingerprint density at radius 2 is 0.745 bits per heavy atom. The molecule has 55 heavy (non-hydrogen) atoms. The highest BCUT2D eigenvalue weighted by Crippen LogP contribution is 2.57. The van der Waals surface area contributed by atoms with E-state index in [1.807, 2.05) is 18.5 Å². The molecule has 0 atom stereocenters. The van der Waals surface area contributed by atoms with E-state index < -0.39 is 5.41 Å². The van der Waals surface area contributed by atoms with Crippen LogP contribution in [0.25, 0.3) is 67.0 Å². The fraction of sp³-hybridized carbons (Fsp3) is 0.0189. The third kappa shape index (κ3) is 5.50. The fourth-order valence-corrected chi connectivity index (χ4v) is 8.65. The predicted octanol–water partition coefficient (Wildman–Crippen LogP) is 13.2. The Hall–Kier alpha value is -7.16. The third-order valence-electron chi connectivity index (χ3n) is 11.1. The average molecular weight is 701 g/mol. The van der Waals surface area contributed by atoms with Gasteiger partial charge in [0, 0.05) is 23.5 Å². The molecule has 0 N–H and O–H groups in total. The Bertz CT molecular complexity index is 2750. The van der Waals surface area contributed by atoms with Crippen LogP contribution in [0.15, 0.2) is 219 Å². The molecule has 0 saturated carbocycles. The van der Waals surface area contributed by atoms with Crippen molar-refractivity contribution in [3.05, 3.63) is 241 Å². The van der Waals surface area contributed by atoms with Gasteiger partial charge in [0.05, 0.1) is 16.8 Å². The second kappa shape index (κ2) is 13.7. The lowest BCUT2D eigenvalue weighted by atomic mass is 9.66. The number of fused-ring (bicyclic) bond motifs is 3. The molecule has 2 aromatic heterocycles. The average Bonchev–Trinajstić information content (AvgIpc) is 3.58. The molecule has 1 aliphatic rings. The number of aromatic nitrogens is 2. The van der Waals surface area contributed by atoms with Crippen molar-refractivity contribution in [2.75, 3.05) is 0 Å². The first-order valence-electron chi connectivity index (χ1n) is 18.8. The molecule has 0 spiro atoms. The maximum absolute atomic E-state index is 5.06. The van der Waals surface area contributed by atoms with Gasteiger partial charge in [0.15, 0.2) is 0 Å². The van der Waals surface area contributed by atoms with Crippen molar-refractivity contribution >= 4 is 0 Å². The van der Waals surface area contributed by atoms with E-state index in [0.717, 1.165) is 50.3 Å². The van der Waals surface area contributed by atoms with Gasteiger partial charge in [-0.25, -0.2) is 0 Å². The molecule has 10 rings (SSSR count). The second-order valence-corrected chi connectivity index (χ2v) is 14.1. The summed E-state index contributed by atoms with van der Waals surface area (Å²) >= 11 is 0. The maximum atomic E-state index is 5.06. The molecule has 0 bridgehead atoms. The summed E-state index contributed by atoms with van der Waals surface area (Å²) in [6, 6.07) is 74.4. The van der Waals surface area contributed by atoms with Crippen LogP contribution >= 0.6 is 0 Å². The van der Waals surface area contributed by atoms with Gasteiger partial charge >= 0.3 is 0 Å². The predicted molar refractivity (Wildman–Crippen MR) is 227 cm³/mol. The number of hydrogen-bond acceptors (Lipinski definition) is 2. The number of hydrogen-bond donors (Lipinski definition) is 0. The molecule has 2 heteroatoms. The zero-order valence-electron chi connectivity index (χ0n) is 30.2. The van der Waals surface area contributed by atoms with Gasteiger partial charge in [-0.15, -0.1) is 0 Å². The summed E-state index contributed by atoms with van der Waals surface area (Å²) in [5.74, 6) is 0. The normalized spacial score (nSPS) is 12.5. The van der Waals surface area contributed by atoms with Crippen molar-refractivity contribution < 1.29 is 0 Å². The van der Waals surface area contributed by atoms with E-state index in [9.17, 15) is 0 Å². The summed E-state index contributed by atoms with van der Waals surface area (Å²) in [7, 11) is 0. The zero-order valence-corrected chi connectivity index (χ0v) is 30.2. The lowest BCUT2D eigenvalue weighted by Gasteiger charge is -2.35. The van der Waals surface area contributed by atoms with E-state index in [1.165, 1.54) is 38.9 Å². The number of nitrogens with zero attached hydrogens (tertiary/aromatic N) is 2. The van der Waals surface area contributed by atoms with Crippen molar-refractivity contribution in [1.29, 1.82) is 0 Å². The van der Waals surface area contributed by atoms with Crippen molar-refractivity contribution in [2.45, 2.75) is 5.41 Å². The van der Waals surface area contributed by atoms with Gasteiger partial charge in [0.25, 0.3) is 0 Å². The minimum atomic E-state index is -0.632. The quantitative estimate of drug-likeness (QED) is 0.165. The number of rotatable bonds is 7. The van der Waals surface area contributed by atoms with E-state index in [-0.39, 0.29) is 0 Å². The highest BCUT2D eigenvalue weighted by atomic mass is 14.7. The van der Waals surface area contributed by atoms with Gasteiger partial charge in [-0.3, -0.25) is 9.97 Å². The summed E-state index contributed by atoms with van der Waals surface area (Å²) < 4.78 is 0. The lowest BCUT2D eigenvalue weighted by molar-refractivity contribution is 0.769. The van der Waals surface area contributed by atoms with Gasteiger partial charge in [-0.05, 0) is 103 Å². The molecule has 258 valence electrons. The number of benzene rings is 7. The molecule has 0 saturated heterocycles. The Morgan fingerprint density at radius 1 is 0.273 bits per heavy atom. The molecule has 0 radical (unpaired) electrons. The molecule has 0 fully saturated rings. The highest BCUT2D eigenvalue weighted by molar-refractivity contribution is 5.91. The molecule has 1 aliphatic carbocycles. The van der Waals surface area contributed by atoms with Gasteiger partial charge in [0.2, 0.25) is 0 Å². The summed E-state index contributed by atoms with van der Waals surface area (Å²) in [4.78, 5) is 9.97. The Kier molecular flexibility index (Phi) is 8.08. The Balaban J connectivity index is 1.29. The first-order valence-corrected chi connectivity index (χ1v) is 18.8. The van der Waals surface area contributed by atoms with Crippen LogP contribution in [0.1, 0.15) is 22.3 Å². The summed E-state index contributed by atoms with van der Waals surface area (Å²) in [6.45, 7) is 0. The molecule has 0 aliphatic heterocycles. The molecule has 2 heterocycles. The Morgan fingerprint density at radius 3 is 1.29 bits per heavy atom. The Labute approximate surface area is 322 Å². The monoisotopic (exact) mass is 700 g/mol. The van der Waals surface area contributed by atoms with Gasteiger partial charge < -0.3 is 0 Å². The maximum Gasteiger partial charge on any atom is 0.0714 e. The van der Waals surface area contributed by atoms with Gasteiger partial charge in [-0.2, -0.15) is 0 Å². The van der Waals surface area contributed by atoms with Crippen LogP contribution in [-0.2, 0) is 5.41 Å². The van der Waals surface area contributed by atoms with Crippen molar-refractivity contribution in [3.8, 4) is 67.0 Å². The van der Waals surface area contributed by atoms with Crippen LogP contribution in [0, 0.1) is 0 Å². The summed E-state index contributed by atoms with van der Waals surface area (Å²) in [6.07, 6.45) is 3.83.